The molecule has 0 fully saturated rings. The predicted octanol–water partition coefficient (Wildman–Crippen LogP) is 2.66. The molecule has 2 aromatic heterocycles. The van der Waals surface area contributed by atoms with Gasteiger partial charge in [-0.3, -0.25) is 9.52 Å². The summed E-state index contributed by atoms with van der Waals surface area (Å²) in [5, 5.41) is 12.3. The van der Waals surface area contributed by atoms with Gasteiger partial charge < -0.3 is 9.88 Å². The summed E-state index contributed by atoms with van der Waals surface area (Å²) < 4.78 is 26.8. The lowest BCUT2D eigenvalue weighted by atomic mass is 10.2. The van der Waals surface area contributed by atoms with Crippen LogP contribution in [0.2, 0.25) is 0 Å². The van der Waals surface area contributed by atoms with Crippen molar-refractivity contribution >= 4 is 49.8 Å². The summed E-state index contributed by atoms with van der Waals surface area (Å²) in [5.74, 6) is 0.635. The maximum Gasteiger partial charge on any atom is 0.236 e. The van der Waals surface area contributed by atoms with Crippen molar-refractivity contribution in [2.75, 3.05) is 22.0 Å². The lowest BCUT2D eigenvalue weighted by Gasteiger charge is -2.06. The Balaban J connectivity index is 1.63. The van der Waals surface area contributed by atoms with Gasteiger partial charge in [-0.15, -0.1) is 21.5 Å². The van der Waals surface area contributed by atoms with E-state index >= 15 is 0 Å². The van der Waals surface area contributed by atoms with Crippen molar-refractivity contribution in [1.29, 1.82) is 0 Å². The van der Waals surface area contributed by atoms with Gasteiger partial charge in [-0.2, -0.15) is 0 Å². The third kappa shape index (κ3) is 5.55. The molecule has 12 heteroatoms. The molecule has 0 aliphatic rings. The molecular weight excluding hydrogens is 432 g/mol. The fourth-order valence-corrected chi connectivity index (χ4v) is 4.51. The van der Waals surface area contributed by atoms with E-state index in [1.807, 2.05) is 20.9 Å². The molecule has 0 radical (unpaired) electrons. The van der Waals surface area contributed by atoms with E-state index in [4.69, 9.17) is 0 Å². The Morgan fingerprint density at radius 2 is 1.90 bits per heavy atom. The lowest BCUT2D eigenvalue weighted by molar-refractivity contribution is -0.113. The number of amides is 1. The molecule has 1 aromatic carbocycles. The summed E-state index contributed by atoms with van der Waals surface area (Å²) in [7, 11) is -1.51. The molecule has 0 saturated carbocycles. The molecule has 0 aliphatic heterocycles. The van der Waals surface area contributed by atoms with E-state index in [1.165, 1.54) is 23.1 Å². The Bertz CT molecular complexity index is 1120. The number of sulfonamides is 1. The number of hydrogen-bond donors (Lipinski definition) is 2. The summed E-state index contributed by atoms with van der Waals surface area (Å²) in [4.78, 5) is 17.5. The van der Waals surface area contributed by atoms with Crippen molar-refractivity contribution in [3.8, 4) is 11.4 Å². The van der Waals surface area contributed by atoms with E-state index in [9.17, 15) is 13.2 Å². The second-order valence-electron chi connectivity index (χ2n) is 6.31. The number of nitrogens with zero attached hydrogens (tertiary/aromatic N) is 4. The fourth-order valence-electron chi connectivity index (χ4n) is 2.41. The van der Waals surface area contributed by atoms with Crippen molar-refractivity contribution in [3.05, 3.63) is 34.8 Å². The molecule has 29 heavy (non-hydrogen) atoms. The van der Waals surface area contributed by atoms with Crippen LogP contribution >= 0.6 is 23.1 Å². The molecule has 3 aromatic rings. The number of aryl methyl sites for hydroxylation is 2. The van der Waals surface area contributed by atoms with Crippen LogP contribution in [-0.4, -0.2) is 46.1 Å². The number of nitrogens with one attached hydrogen (secondary N) is 2. The van der Waals surface area contributed by atoms with Crippen LogP contribution < -0.4 is 10.0 Å². The monoisotopic (exact) mass is 452 g/mol. The number of carbonyl (C=O) groups is 1. The van der Waals surface area contributed by atoms with Crippen LogP contribution in [0.25, 0.3) is 11.4 Å². The summed E-state index contributed by atoms with van der Waals surface area (Å²) in [6, 6.07) is 6.82. The van der Waals surface area contributed by atoms with Gasteiger partial charge in [0.1, 0.15) is 0 Å². The third-order valence-electron chi connectivity index (χ3n) is 3.89. The first-order valence-electron chi connectivity index (χ1n) is 8.46. The number of anilines is 2. The Hall–Kier alpha value is -2.44. The van der Waals surface area contributed by atoms with Crippen LogP contribution in [0.4, 0.5) is 10.8 Å². The Kier molecular flexibility index (Phi) is 6.24. The van der Waals surface area contributed by atoms with Gasteiger partial charge in [-0.25, -0.2) is 13.4 Å². The first-order chi connectivity index (χ1) is 13.6. The van der Waals surface area contributed by atoms with E-state index in [2.05, 4.69) is 25.2 Å². The maximum atomic E-state index is 12.2. The first kappa shape index (κ1) is 21.3. The second-order valence-corrected chi connectivity index (χ2v) is 10.2. The van der Waals surface area contributed by atoms with Crippen molar-refractivity contribution in [2.45, 2.75) is 19.0 Å². The quantitative estimate of drug-likeness (QED) is 0.529. The van der Waals surface area contributed by atoms with Gasteiger partial charge >= 0.3 is 0 Å². The van der Waals surface area contributed by atoms with Gasteiger partial charge in [-0.1, -0.05) is 11.8 Å². The van der Waals surface area contributed by atoms with E-state index < -0.39 is 10.0 Å². The average Bonchev–Trinajstić information content (AvgIpc) is 3.14. The SMILES string of the molecule is Cc1nc(NC(=O)CSc2nnc(-c3ccc(NS(C)(=O)=O)cc3)n2C)sc1C. The van der Waals surface area contributed by atoms with E-state index in [0.717, 1.165) is 22.4 Å². The Morgan fingerprint density at radius 1 is 1.21 bits per heavy atom. The summed E-state index contributed by atoms with van der Waals surface area (Å²) in [5.41, 5.74) is 2.16. The molecule has 9 nitrogen and oxygen atoms in total. The standard InChI is InChI=1S/C17H20N6O3S3/c1-10-11(2)28-16(18-10)19-14(24)9-27-17-21-20-15(23(17)3)12-5-7-13(8-6-12)22-29(4,25)26/h5-8,22H,9H2,1-4H3,(H,18,19,24). The van der Waals surface area contributed by atoms with Crippen LogP contribution in [0, 0.1) is 13.8 Å². The number of carbonyl (C=O) groups excluding carboxylic acids is 1. The predicted molar refractivity (Wildman–Crippen MR) is 116 cm³/mol. The van der Waals surface area contributed by atoms with Gasteiger partial charge in [0, 0.05) is 23.2 Å². The zero-order valence-corrected chi connectivity index (χ0v) is 18.7. The summed E-state index contributed by atoms with van der Waals surface area (Å²) >= 11 is 2.72. The molecule has 0 atom stereocenters. The van der Waals surface area contributed by atoms with Gasteiger partial charge in [0.2, 0.25) is 15.9 Å². The second kappa shape index (κ2) is 8.51. The minimum atomic E-state index is -3.33. The number of aromatic nitrogens is 4. The van der Waals surface area contributed by atoms with Gasteiger partial charge in [0.05, 0.1) is 17.7 Å². The highest BCUT2D eigenvalue weighted by atomic mass is 32.2. The Labute approximate surface area is 177 Å². The molecule has 0 spiro atoms. The topological polar surface area (TPSA) is 119 Å². The summed E-state index contributed by atoms with van der Waals surface area (Å²) in [6.07, 6.45) is 1.10. The molecule has 2 N–H and O–H groups in total. The van der Waals surface area contributed by atoms with Crippen LogP contribution in [0.1, 0.15) is 10.6 Å². The zero-order valence-electron chi connectivity index (χ0n) is 16.3. The van der Waals surface area contributed by atoms with Crippen LogP contribution in [0.15, 0.2) is 29.4 Å². The van der Waals surface area contributed by atoms with E-state index in [1.54, 1.807) is 28.8 Å². The largest absolute Gasteiger partial charge is 0.305 e. The molecule has 0 bridgehead atoms. The fraction of sp³-hybridized carbons (Fsp3) is 0.294. The molecule has 1 amide bonds. The lowest BCUT2D eigenvalue weighted by Crippen LogP contribution is -2.14. The van der Waals surface area contributed by atoms with Gasteiger partial charge in [0.25, 0.3) is 0 Å². The number of benzene rings is 1. The summed E-state index contributed by atoms with van der Waals surface area (Å²) in [6.45, 7) is 3.86. The molecule has 3 rings (SSSR count). The van der Waals surface area contributed by atoms with Crippen molar-refractivity contribution < 1.29 is 13.2 Å². The molecule has 0 saturated heterocycles. The minimum absolute atomic E-state index is 0.162. The normalized spacial score (nSPS) is 11.4. The molecular formula is C17H20N6O3S3. The van der Waals surface area contributed by atoms with E-state index in [-0.39, 0.29) is 11.7 Å². The van der Waals surface area contributed by atoms with Crippen LogP contribution in [0.5, 0.6) is 0 Å². The Morgan fingerprint density at radius 3 is 2.48 bits per heavy atom. The zero-order chi connectivity index (χ0) is 21.2. The highest BCUT2D eigenvalue weighted by Crippen LogP contribution is 2.25. The van der Waals surface area contributed by atoms with Gasteiger partial charge in [0.15, 0.2) is 16.1 Å². The number of hydrogen-bond acceptors (Lipinski definition) is 8. The van der Waals surface area contributed by atoms with Crippen LogP contribution in [0.3, 0.4) is 0 Å². The molecule has 0 aliphatic carbocycles. The smallest absolute Gasteiger partial charge is 0.236 e. The molecule has 0 unspecified atom stereocenters. The van der Waals surface area contributed by atoms with Crippen molar-refractivity contribution in [1.82, 2.24) is 19.7 Å². The van der Waals surface area contributed by atoms with Crippen LogP contribution in [-0.2, 0) is 21.9 Å². The molecule has 154 valence electrons. The highest BCUT2D eigenvalue weighted by Gasteiger charge is 2.14. The maximum absolute atomic E-state index is 12.2. The number of thiazole rings is 1. The van der Waals surface area contributed by atoms with E-state index in [0.29, 0.717) is 21.8 Å². The number of thioether (sulfide) groups is 1. The minimum Gasteiger partial charge on any atom is -0.305 e. The third-order valence-corrected chi connectivity index (χ3v) is 6.50. The highest BCUT2D eigenvalue weighted by molar-refractivity contribution is 7.99. The molecule has 2 heterocycles. The number of rotatable bonds is 7. The van der Waals surface area contributed by atoms with Crippen molar-refractivity contribution in [3.63, 3.8) is 0 Å². The first-order valence-corrected chi connectivity index (χ1v) is 12.2. The average molecular weight is 453 g/mol. The van der Waals surface area contributed by atoms with Crippen molar-refractivity contribution in [2.24, 2.45) is 7.05 Å². The van der Waals surface area contributed by atoms with Gasteiger partial charge in [-0.05, 0) is 38.1 Å².